The van der Waals surface area contributed by atoms with E-state index >= 15 is 0 Å². The lowest BCUT2D eigenvalue weighted by Crippen LogP contribution is -2.61. The zero-order chi connectivity index (χ0) is 43.3. The molecule has 0 unspecified atom stereocenters. The van der Waals surface area contributed by atoms with Crippen molar-refractivity contribution in [1.29, 1.82) is 0 Å². The van der Waals surface area contributed by atoms with Crippen LogP contribution in [0.5, 0.6) is 5.75 Å². The first-order chi connectivity index (χ1) is 28.7. The van der Waals surface area contributed by atoms with E-state index in [0.29, 0.717) is 50.9 Å². The molecule has 2 aromatic carbocycles. The molecule has 3 aliphatic heterocycles. The zero-order valence-corrected chi connectivity index (χ0v) is 36.3. The number of carbonyl (C=O) groups is 4. The average molecular weight is 823 g/mol. The summed E-state index contributed by atoms with van der Waals surface area (Å²) in [5, 5.41) is 16.6. The number of aromatic hydroxyl groups is 1. The highest BCUT2D eigenvalue weighted by Crippen LogP contribution is 2.40. The van der Waals surface area contributed by atoms with Gasteiger partial charge >= 0.3 is 5.97 Å². The number of ether oxygens (including phenoxy) is 2. The number of benzene rings is 2. The van der Waals surface area contributed by atoms with Crippen LogP contribution in [0.1, 0.15) is 96.9 Å². The van der Waals surface area contributed by atoms with Gasteiger partial charge in [0.05, 0.1) is 24.1 Å². The summed E-state index contributed by atoms with van der Waals surface area (Å²) in [6, 6.07) is 8.92. The van der Waals surface area contributed by atoms with E-state index in [1.54, 1.807) is 30.4 Å². The number of likely N-dealkylation sites (tertiary alicyclic amines) is 1. The Hall–Kier alpha value is -5.27. The van der Waals surface area contributed by atoms with Crippen molar-refractivity contribution in [1.82, 2.24) is 25.2 Å². The van der Waals surface area contributed by atoms with E-state index in [4.69, 9.17) is 14.5 Å². The quantitative estimate of drug-likeness (QED) is 0.132. The molecule has 60 heavy (non-hydrogen) atoms. The second-order valence-electron chi connectivity index (χ2n) is 17.1. The molecule has 322 valence electrons. The Bertz CT molecular complexity index is 2190. The van der Waals surface area contributed by atoms with E-state index in [0.717, 1.165) is 63.8 Å². The summed E-state index contributed by atoms with van der Waals surface area (Å²) in [4.78, 5) is 61.5. The SMILES string of the molecule is C=C/C(=C(\N=C/C)[C@H](C)OC)c1c2c3cc(ccc3n1CC)-c1cc(O)cc(c1)C[C@H](NC(=O)[C@@H]1CCCCCN1C(C)=O)C(=O)N1CCC[C@H](N1)C(=O)OCC(C)(C)C2. The fraction of sp³-hybridized carbons (Fsp3) is 0.511. The highest BCUT2D eigenvalue weighted by atomic mass is 16.5. The molecule has 6 rings (SSSR count). The highest BCUT2D eigenvalue weighted by molar-refractivity contribution is 5.96. The Morgan fingerprint density at radius 2 is 1.88 bits per heavy atom. The van der Waals surface area contributed by atoms with E-state index < -0.39 is 41.3 Å². The molecule has 0 radical (unpaired) electrons. The Labute approximate surface area is 353 Å². The number of hydrogen-bond donors (Lipinski definition) is 3. The number of aryl methyl sites for hydroxylation is 1. The maximum atomic E-state index is 14.5. The molecule has 2 fully saturated rings. The maximum absolute atomic E-state index is 14.5. The Kier molecular flexibility index (Phi) is 14.0. The minimum Gasteiger partial charge on any atom is -0.508 e. The normalized spacial score (nSPS) is 22.4. The number of carbonyl (C=O) groups excluding carboxylic acids is 4. The molecule has 6 bridgehead atoms. The number of amides is 3. The molecule has 1 aromatic heterocycles. The predicted molar refractivity (Wildman–Crippen MR) is 234 cm³/mol. The molecule has 4 atom stereocenters. The molecule has 0 aliphatic carbocycles. The maximum Gasteiger partial charge on any atom is 0.324 e. The monoisotopic (exact) mass is 822 g/mol. The number of esters is 1. The van der Waals surface area contributed by atoms with Gasteiger partial charge in [-0.1, -0.05) is 51.5 Å². The number of hydrazine groups is 1. The molecule has 3 aromatic rings. The van der Waals surface area contributed by atoms with Crippen LogP contribution < -0.4 is 10.7 Å². The van der Waals surface area contributed by atoms with Crippen molar-refractivity contribution in [2.75, 3.05) is 26.8 Å². The number of allylic oxidation sites excluding steroid dienone is 2. The second kappa shape index (κ2) is 19.0. The fourth-order valence-corrected chi connectivity index (χ4v) is 9.01. The Balaban J connectivity index is 1.53. The number of nitrogens with one attached hydrogen (secondary N) is 2. The van der Waals surface area contributed by atoms with E-state index in [1.807, 2.05) is 32.1 Å². The zero-order valence-electron chi connectivity index (χ0n) is 36.3. The van der Waals surface area contributed by atoms with Crippen LogP contribution in [0.2, 0.25) is 0 Å². The number of rotatable bonds is 8. The molecule has 3 amide bonds. The van der Waals surface area contributed by atoms with Crippen molar-refractivity contribution in [3.05, 3.63) is 71.6 Å². The summed E-state index contributed by atoms with van der Waals surface area (Å²) in [5.74, 6) is -1.46. The van der Waals surface area contributed by atoms with Crippen LogP contribution in [0.3, 0.4) is 0 Å². The van der Waals surface area contributed by atoms with E-state index in [-0.39, 0.29) is 30.8 Å². The Morgan fingerprint density at radius 1 is 1.10 bits per heavy atom. The van der Waals surface area contributed by atoms with E-state index in [1.165, 1.54) is 11.9 Å². The van der Waals surface area contributed by atoms with Crippen LogP contribution in [0.25, 0.3) is 27.6 Å². The van der Waals surface area contributed by atoms with Gasteiger partial charge in [0.2, 0.25) is 11.8 Å². The summed E-state index contributed by atoms with van der Waals surface area (Å²) in [6.45, 7) is 17.3. The van der Waals surface area contributed by atoms with Gasteiger partial charge < -0.3 is 29.4 Å². The molecule has 2 saturated heterocycles. The van der Waals surface area contributed by atoms with Gasteiger partial charge in [-0.3, -0.25) is 29.2 Å². The fourth-order valence-electron chi connectivity index (χ4n) is 9.01. The van der Waals surface area contributed by atoms with Gasteiger partial charge in [-0.15, -0.1) is 0 Å². The second-order valence-corrected chi connectivity index (χ2v) is 17.1. The first-order valence-electron chi connectivity index (χ1n) is 21.4. The number of phenolic OH excluding ortho intramolecular Hbond substituents is 1. The lowest BCUT2D eigenvalue weighted by molar-refractivity contribution is -0.155. The molecule has 3 N–H and O–H groups in total. The van der Waals surface area contributed by atoms with Gasteiger partial charge in [0, 0.05) is 68.2 Å². The van der Waals surface area contributed by atoms with Crippen molar-refractivity contribution in [3.8, 4) is 16.9 Å². The van der Waals surface area contributed by atoms with E-state index in [2.05, 4.69) is 54.8 Å². The topological polar surface area (TPSA) is 155 Å². The van der Waals surface area contributed by atoms with Crippen LogP contribution in [0.4, 0.5) is 0 Å². The molecular formula is C47H62N6O7. The number of nitrogens with zero attached hydrogens (tertiary/aromatic N) is 4. The van der Waals surface area contributed by atoms with Gasteiger partial charge in [-0.05, 0) is 99.4 Å². The lowest BCUT2D eigenvalue weighted by atomic mass is 9.84. The summed E-state index contributed by atoms with van der Waals surface area (Å²) in [5.41, 5.74) is 9.35. The Morgan fingerprint density at radius 3 is 2.58 bits per heavy atom. The number of cyclic esters (lactones) is 1. The average Bonchev–Trinajstić information content (AvgIpc) is 3.34. The first-order valence-corrected chi connectivity index (χ1v) is 21.4. The van der Waals surface area contributed by atoms with Crippen LogP contribution in [0.15, 0.2) is 59.7 Å². The number of aromatic nitrogens is 1. The summed E-state index contributed by atoms with van der Waals surface area (Å²) in [6.07, 6.45) is 7.82. The summed E-state index contributed by atoms with van der Waals surface area (Å²) >= 11 is 0. The molecule has 4 heterocycles. The van der Waals surface area contributed by atoms with Crippen molar-refractivity contribution in [2.45, 2.75) is 124 Å². The third-order valence-corrected chi connectivity index (χ3v) is 12.0. The smallest absolute Gasteiger partial charge is 0.324 e. The third-order valence-electron chi connectivity index (χ3n) is 12.0. The molecule has 13 nitrogen and oxygen atoms in total. The largest absolute Gasteiger partial charge is 0.508 e. The minimum absolute atomic E-state index is 0.0145. The van der Waals surface area contributed by atoms with Crippen molar-refractivity contribution in [3.63, 3.8) is 0 Å². The van der Waals surface area contributed by atoms with E-state index in [9.17, 15) is 24.3 Å². The minimum atomic E-state index is -1.07. The number of aliphatic imine (C=N–C) groups is 1. The molecule has 0 spiro atoms. The van der Waals surface area contributed by atoms with Gasteiger partial charge in [0.15, 0.2) is 0 Å². The van der Waals surface area contributed by atoms with Gasteiger partial charge in [-0.25, -0.2) is 5.43 Å². The van der Waals surface area contributed by atoms with Gasteiger partial charge in [0.1, 0.15) is 23.9 Å². The number of methoxy groups -OCH3 is 1. The summed E-state index contributed by atoms with van der Waals surface area (Å²) in [7, 11) is 1.66. The van der Waals surface area contributed by atoms with Gasteiger partial charge in [0.25, 0.3) is 5.91 Å². The standard InChI is InChI=1S/C47H62N6O7/c1-9-35(42(48-10-2)29(4)59-8)43-37-27-47(6,7)28-60-46(58)38-16-15-21-53(50-38)45(57)39(49-44(56)41-17-13-12-14-20-52(41)30(5)54)24-31-22-33(25-34(55)23-31)32-18-19-40(36(37)26-32)51(43)11-3/h9-10,18-19,22-23,25-26,29,38-39,41,50,55H,1,11-17,20-21,24,27-28H2,2-8H3,(H,49,56)/b42-35+,48-10-/t29-,38-,39-,41-/m0/s1. The summed E-state index contributed by atoms with van der Waals surface area (Å²) < 4.78 is 14.2. The third kappa shape index (κ3) is 9.52. The molecule has 3 aliphatic rings. The van der Waals surface area contributed by atoms with Crippen LogP contribution in [-0.2, 0) is 48.0 Å². The molecule has 0 saturated carbocycles. The van der Waals surface area contributed by atoms with Crippen LogP contribution in [-0.4, -0.2) is 101 Å². The number of hydrogen-bond acceptors (Lipinski definition) is 9. The van der Waals surface area contributed by atoms with Crippen molar-refractivity contribution in [2.24, 2.45) is 10.4 Å². The number of phenols is 1. The first kappa shape index (κ1) is 44.3. The van der Waals surface area contributed by atoms with Gasteiger partial charge in [-0.2, -0.15) is 0 Å². The van der Waals surface area contributed by atoms with Crippen LogP contribution >= 0.6 is 0 Å². The number of fused-ring (bicyclic) bond motifs is 6. The predicted octanol–water partition coefficient (Wildman–Crippen LogP) is 6.50. The van der Waals surface area contributed by atoms with Crippen molar-refractivity contribution < 1.29 is 33.8 Å². The molecular weight excluding hydrogens is 761 g/mol. The molecule has 13 heteroatoms. The lowest BCUT2D eigenvalue weighted by Gasteiger charge is -2.36. The van der Waals surface area contributed by atoms with Crippen LogP contribution in [0, 0.1) is 5.41 Å². The highest BCUT2D eigenvalue weighted by Gasteiger charge is 2.37. The van der Waals surface area contributed by atoms with Crippen molar-refractivity contribution >= 4 is 46.4 Å².